The monoisotopic (exact) mass is 254 g/mol. The van der Waals surface area contributed by atoms with Crippen LogP contribution >= 0.6 is 0 Å². The smallest absolute Gasteiger partial charge is 0.00998 e. The molecule has 0 heterocycles. The fourth-order valence-electron chi connectivity index (χ4n) is 2.90. The Bertz CT molecular complexity index is 224. The van der Waals surface area contributed by atoms with Crippen molar-refractivity contribution in [3.05, 3.63) is 0 Å². The van der Waals surface area contributed by atoms with Crippen LogP contribution in [0.1, 0.15) is 66.7 Å². The van der Waals surface area contributed by atoms with Gasteiger partial charge in [0, 0.05) is 18.6 Å². The lowest BCUT2D eigenvalue weighted by Gasteiger charge is -2.34. The summed E-state index contributed by atoms with van der Waals surface area (Å²) in [5, 5.41) is 0. The molecule has 108 valence electrons. The Morgan fingerprint density at radius 2 is 1.72 bits per heavy atom. The molecule has 0 spiro atoms. The maximum absolute atomic E-state index is 6.30. The topological polar surface area (TPSA) is 29.3 Å². The van der Waals surface area contributed by atoms with Crippen LogP contribution in [0.4, 0.5) is 0 Å². The first kappa shape index (κ1) is 16.0. The Balaban J connectivity index is 2.45. The highest BCUT2D eigenvalue weighted by Crippen LogP contribution is 2.26. The minimum atomic E-state index is 0.235. The number of hydrogen-bond acceptors (Lipinski definition) is 2. The van der Waals surface area contributed by atoms with Crippen LogP contribution in [-0.2, 0) is 0 Å². The summed E-state index contributed by atoms with van der Waals surface area (Å²) in [7, 11) is 0. The van der Waals surface area contributed by atoms with Gasteiger partial charge in [0.1, 0.15) is 0 Å². The molecule has 1 rings (SSSR count). The van der Waals surface area contributed by atoms with E-state index in [1.807, 2.05) is 0 Å². The van der Waals surface area contributed by atoms with Crippen LogP contribution in [0, 0.1) is 11.3 Å². The van der Waals surface area contributed by atoms with Gasteiger partial charge in [0.05, 0.1) is 0 Å². The maximum Gasteiger partial charge on any atom is 0.00998 e. The van der Waals surface area contributed by atoms with Gasteiger partial charge >= 0.3 is 0 Å². The van der Waals surface area contributed by atoms with E-state index in [9.17, 15) is 0 Å². The van der Waals surface area contributed by atoms with Gasteiger partial charge < -0.3 is 10.6 Å². The predicted molar refractivity (Wildman–Crippen MR) is 80.7 cm³/mol. The van der Waals surface area contributed by atoms with Crippen molar-refractivity contribution in [2.45, 2.75) is 78.8 Å². The Morgan fingerprint density at radius 1 is 1.17 bits per heavy atom. The summed E-state index contributed by atoms with van der Waals surface area (Å²) in [6, 6.07) is 1.15. The second-order valence-corrected chi connectivity index (χ2v) is 7.59. The third kappa shape index (κ3) is 5.27. The number of rotatable bonds is 6. The van der Waals surface area contributed by atoms with Gasteiger partial charge in [-0.3, -0.25) is 0 Å². The van der Waals surface area contributed by atoms with Crippen molar-refractivity contribution < 1.29 is 0 Å². The molecule has 0 bridgehead atoms. The number of hydrogen-bond donors (Lipinski definition) is 1. The van der Waals surface area contributed by atoms with Crippen molar-refractivity contribution in [1.82, 2.24) is 4.90 Å². The van der Waals surface area contributed by atoms with Crippen LogP contribution in [0.25, 0.3) is 0 Å². The zero-order chi connectivity index (χ0) is 13.8. The molecule has 2 heteroatoms. The average Bonchev–Trinajstić information content (AvgIpc) is 2.74. The van der Waals surface area contributed by atoms with Crippen molar-refractivity contribution in [3.8, 4) is 0 Å². The number of nitrogens with two attached hydrogens (primary N) is 1. The summed E-state index contributed by atoms with van der Waals surface area (Å²) in [5.74, 6) is 0.761. The lowest BCUT2D eigenvalue weighted by Crippen LogP contribution is -2.42. The fraction of sp³-hybridized carbons (Fsp3) is 1.00. The normalized spacial score (nSPS) is 20.0. The van der Waals surface area contributed by atoms with E-state index in [1.54, 1.807) is 0 Å². The van der Waals surface area contributed by atoms with Gasteiger partial charge in [-0.15, -0.1) is 0 Å². The van der Waals surface area contributed by atoms with Crippen LogP contribution in [-0.4, -0.2) is 30.1 Å². The van der Waals surface area contributed by atoms with E-state index in [0.29, 0.717) is 6.04 Å². The molecule has 18 heavy (non-hydrogen) atoms. The Kier molecular flexibility index (Phi) is 6.13. The summed E-state index contributed by atoms with van der Waals surface area (Å²) in [6.45, 7) is 13.8. The molecule has 1 atom stereocenters. The molecule has 0 aromatic rings. The molecule has 1 fully saturated rings. The molecule has 1 aliphatic rings. The van der Waals surface area contributed by atoms with E-state index in [2.05, 4.69) is 39.5 Å². The van der Waals surface area contributed by atoms with E-state index in [0.717, 1.165) is 18.4 Å². The highest BCUT2D eigenvalue weighted by molar-refractivity contribution is 4.82. The van der Waals surface area contributed by atoms with Crippen molar-refractivity contribution in [3.63, 3.8) is 0 Å². The molecule has 1 saturated carbocycles. The van der Waals surface area contributed by atoms with Crippen molar-refractivity contribution in [1.29, 1.82) is 0 Å². The highest BCUT2D eigenvalue weighted by atomic mass is 15.2. The Morgan fingerprint density at radius 3 is 2.17 bits per heavy atom. The van der Waals surface area contributed by atoms with Gasteiger partial charge in [-0.2, -0.15) is 0 Å². The van der Waals surface area contributed by atoms with E-state index >= 15 is 0 Å². The van der Waals surface area contributed by atoms with Crippen molar-refractivity contribution in [2.24, 2.45) is 17.1 Å². The fourth-order valence-corrected chi connectivity index (χ4v) is 2.90. The van der Waals surface area contributed by atoms with Gasteiger partial charge in [0.2, 0.25) is 0 Å². The van der Waals surface area contributed by atoms with Crippen LogP contribution in [0.15, 0.2) is 0 Å². The summed E-state index contributed by atoms with van der Waals surface area (Å²) in [4.78, 5) is 2.71. The molecule has 0 aromatic carbocycles. The van der Waals surface area contributed by atoms with Gasteiger partial charge in [-0.25, -0.2) is 0 Å². The second kappa shape index (κ2) is 6.91. The van der Waals surface area contributed by atoms with Gasteiger partial charge in [0.15, 0.2) is 0 Å². The van der Waals surface area contributed by atoms with E-state index in [4.69, 9.17) is 5.73 Å². The van der Waals surface area contributed by atoms with E-state index in [-0.39, 0.29) is 5.41 Å². The molecule has 0 aliphatic heterocycles. The quantitative estimate of drug-likeness (QED) is 0.784. The van der Waals surface area contributed by atoms with E-state index in [1.165, 1.54) is 38.8 Å². The molecule has 2 N–H and O–H groups in total. The lowest BCUT2D eigenvalue weighted by molar-refractivity contribution is 0.159. The zero-order valence-electron chi connectivity index (χ0n) is 13.2. The van der Waals surface area contributed by atoms with Crippen molar-refractivity contribution >= 4 is 0 Å². The minimum Gasteiger partial charge on any atom is -0.327 e. The standard InChI is InChI=1S/C16H34N2/c1-13(2)12-18(14-8-6-7-9-14)11-10-15(17)16(3,4)5/h13-15H,6-12,17H2,1-5H3. The van der Waals surface area contributed by atoms with Crippen LogP contribution in [0.3, 0.4) is 0 Å². The minimum absolute atomic E-state index is 0.235. The van der Waals surface area contributed by atoms with Crippen LogP contribution in [0.2, 0.25) is 0 Å². The first-order valence-corrected chi connectivity index (χ1v) is 7.80. The van der Waals surface area contributed by atoms with E-state index < -0.39 is 0 Å². The summed E-state index contributed by atoms with van der Waals surface area (Å²) >= 11 is 0. The van der Waals surface area contributed by atoms with Crippen LogP contribution < -0.4 is 5.73 Å². The summed E-state index contributed by atoms with van der Waals surface area (Å²) < 4.78 is 0. The third-order valence-corrected chi connectivity index (χ3v) is 4.28. The summed E-state index contributed by atoms with van der Waals surface area (Å²) in [6.07, 6.45) is 6.77. The number of nitrogens with zero attached hydrogens (tertiary/aromatic N) is 1. The molecule has 1 unspecified atom stereocenters. The Hall–Kier alpha value is -0.0800. The Labute approximate surface area is 114 Å². The SMILES string of the molecule is CC(C)CN(CCC(N)C(C)(C)C)C1CCCC1. The molecule has 0 radical (unpaired) electrons. The van der Waals surface area contributed by atoms with Gasteiger partial charge in [-0.05, 0) is 37.1 Å². The first-order valence-electron chi connectivity index (χ1n) is 7.80. The molecule has 0 aromatic heterocycles. The van der Waals surface area contributed by atoms with Gasteiger partial charge in [-0.1, -0.05) is 47.5 Å². The molecule has 0 saturated heterocycles. The predicted octanol–water partition coefficient (Wildman–Crippen LogP) is 3.65. The maximum atomic E-state index is 6.30. The highest BCUT2D eigenvalue weighted by Gasteiger charge is 2.26. The first-order chi connectivity index (χ1) is 8.30. The van der Waals surface area contributed by atoms with Crippen LogP contribution in [0.5, 0.6) is 0 Å². The molecular weight excluding hydrogens is 220 g/mol. The molecule has 1 aliphatic carbocycles. The lowest BCUT2D eigenvalue weighted by atomic mass is 9.85. The average molecular weight is 254 g/mol. The molecule has 0 amide bonds. The molecular formula is C16H34N2. The third-order valence-electron chi connectivity index (χ3n) is 4.28. The second-order valence-electron chi connectivity index (χ2n) is 7.59. The summed E-state index contributed by atoms with van der Waals surface area (Å²) in [5.41, 5.74) is 6.54. The van der Waals surface area contributed by atoms with Gasteiger partial charge in [0.25, 0.3) is 0 Å². The zero-order valence-corrected chi connectivity index (χ0v) is 13.2. The molecule has 2 nitrogen and oxygen atoms in total. The largest absolute Gasteiger partial charge is 0.327 e. The van der Waals surface area contributed by atoms with Crippen molar-refractivity contribution in [2.75, 3.05) is 13.1 Å².